The molecular weight excluding hydrogens is 450 g/mol. The first kappa shape index (κ1) is 29.8. The Bertz CT molecular complexity index is 836. The molecule has 192 valence electrons. The number of rotatable bonds is 11. The average molecular weight is 494 g/mol. The van der Waals surface area contributed by atoms with Crippen LogP contribution in [-0.2, 0) is 14.3 Å². The van der Waals surface area contributed by atoms with Gasteiger partial charge in [-0.25, -0.2) is 4.79 Å². The van der Waals surface area contributed by atoms with Crippen LogP contribution in [0.15, 0.2) is 18.2 Å². The first-order valence-corrected chi connectivity index (χ1v) is 13.4. The first-order chi connectivity index (χ1) is 15.8. The highest BCUT2D eigenvalue weighted by Crippen LogP contribution is 2.27. The zero-order chi connectivity index (χ0) is 26.1. The molecule has 1 aromatic rings. The molecule has 0 aliphatic heterocycles. The number of benzene rings is 1. The minimum atomic E-state index is -0.798. The molecule has 2 N–H and O–H groups in total. The molecule has 34 heavy (non-hydrogen) atoms. The van der Waals surface area contributed by atoms with Gasteiger partial charge in [-0.2, -0.15) is 11.8 Å². The Kier molecular flexibility index (Phi) is 11.9. The van der Waals surface area contributed by atoms with Crippen molar-refractivity contribution >= 4 is 29.7 Å². The predicted molar refractivity (Wildman–Crippen MR) is 140 cm³/mol. The largest absolute Gasteiger partial charge is 0.444 e. The molecule has 0 fully saturated rings. The highest BCUT2D eigenvalue weighted by atomic mass is 32.2. The second-order valence-corrected chi connectivity index (χ2v) is 10.9. The molecule has 0 spiro atoms. The minimum Gasteiger partial charge on any atom is -0.444 e. The van der Waals surface area contributed by atoms with Gasteiger partial charge in [0.25, 0.3) is 0 Å². The highest BCUT2D eigenvalue weighted by Gasteiger charge is 2.36. The molecule has 1 rings (SSSR count). The summed E-state index contributed by atoms with van der Waals surface area (Å²) in [4.78, 5) is 41.5. The fourth-order valence-corrected chi connectivity index (χ4v) is 4.17. The molecule has 8 heteroatoms. The van der Waals surface area contributed by atoms with E-state index in [0.29, 0.717) is 25.1 Å². The van der Waals surface area contributed by atoms with Crippen LogP contribution < -0.4 is 10.6 Å². The number of hydrogen-bond donors (Lipinski definition) is 2. The van der Waals surface area contributed by atoms with E-state index < -0.39 is 23.8 Å². The SMILES string of the molecule is CCCN(C(=O)C(CCSC)NC(=O)OC(C)(C)C)C(C(=O)NC(C)C)c1ccc(C)cc1C. The molecule has 2 atom stereocenters. The number of carbonyl (C=O) groups excluding carboxylic acids is 3. The summed E-state index contributed by atoms with van der Waals surface area (Å²) in [6.07, 6.45) is 2.42. The lowest BCUT2D eigenvalue weighted by Crippen LogP contribution is -2.54. The maximum Gasteiger partial charge on any atom is 0.408 e. The van der Waals surface area contributed by atoms with Crippen molar-refractivity contribution in [1.29, 1.82) is 0 Å². The van der Waals surface area contributed by atoms with E-state index in [0.717, 1.165) is 16.7 Å². The van der Waals surface area contributed by atoms with Gasteiger partial charge in [-0.1, -0.05) is 30.7 Å². The number of hydrogen-bond acceptors (Lipinski definition) is 5. The van der Waals surface area contributed by atoms with Gasteiger partial charge in [-0.05, 0) is 84.4 Å². The lowest BCUT2D eigenvalue weighted by molar-refractivity contribution is -0.142. The van der Waals surface area contributed by atoms with E-state index >= 15 is 0 Å². The van der Waals surface area contributed by atoms with Crippen LogP contribution in [0, 0.1) is 13.8 Å². The maximum absolute atomic E-state index is 13.9. The average Bonchev–Trinajstić information content (AvgIpc) is 2.69. The third kappa shape index (κ3) is 9.57. The number of nitrogens with zero attached hydrogens (tertiary/aromatic N) is 1. The molecular formula is C26H43N3O4S. The van der Waals surface area contributed by atoms with Crippen molar-refractivity contribution in [2.75, 3.05) is 18.6 Å². The van der Waals surface area contributed by atoms with E-state index in [2.05, 4.69) is 10.6 Å². The normalized spacial score (nSPS) is 13.2. The van der Waals surface area contributed by atoms with Crippen LogP contribution in [0.1, 0.15) is 77.1 Å². The quantitative estimate of drug-likeness (QED) is 0.464. The van der Waals surface area contributed by atoms with Crippen LogP contribution in [0.3, 0.4) is 0 Å². The molecule has 0 aliphatic rings. The zero-order valence-electron chi connectivity index (χ0n) is 22.3. The molecule has 0 aromatic heterocycles. The second kappa shape index (κ2) is 13.6. The highest BCUT2D eigenvalue weighted by molar-refractivity contribution is 7.98. The molecule has 0 saturated carbocycles. The predicted octanol–water partition coefficient (Wildman–Crippen LogP) is 4.75. The van der Waals surface area contributed by atoms with Gasteiger partial charge < -0.3 is 20.3 Å². The molecule has 0 aliphatic carbocycles. The fourth-order valence-electron chi connectivity index (χ4n) is 3.70. The monoisotopic (exact) mass is 493 g/mol. The second-order valence-electron chi connectivity index (χ2n) is 9.94. The van der Waals surface area contributed by atoms with Crippen molar-refractivity contribution in [3.8, 4) is 0 Å². The fraction of sp³-hybridized carbons (Fsp3) is 0.654. The van der Waals surface area contributed by atoms with Gasteiger partial charge in [0, 0.05) is 12.6 Å². The first-order valence-electron chi connectivity index (χ1n) is 12.0. The van der Waals surface area contributed by atoms with Crippen molar-refractivity contribution in [3.05, 3.63) is 34.9 Å². The standard InChI is InChI=1S/C26H43N3O4S/c1-10-14-29(24(31)21(13-15-34-9)28-25(32)33-26(6,7)8)22(23(30)27-17(2)3)20-12-11-18(4)16-19(20)5/h11-12,16-17,21-22H,10,13-15H2,1-9H3,(H,27,30)(H,28,32). The summed E-state index contributed by atoms with van der Waals surface area (Å²) in [6.45, 7) is 15.4. The lowest BCUT2D eigenvalue weighted by atomic mass is 9.96. The number of alkyl carbamates (subject to hydrolysis) is 1. The molecule has 0 heterocycles. The number of aryl methyl sites for hydroxylation is 2. The zero-order valence-corrected chi connectivity index (χ0v) is 23.1. The Balaban J connectivity index is 3.44. The molecule has 0 bridgehead atoms. The molecule has 1 aromatic carbocycles. The topological polar surface area (TPSA) is 87.7 Å². The summed E-state index contributed by atoms with van der Waals surface area (Å²) in [5.74, 6) is 0.161. The number of ether oxygens (including phenoxy) is 1. The van der Waals surface area contributed by atoms with Crippen molar-refractivity contribution in [2.45, 2.75) is 92.0 Å². The number of carbonyl (C=O) groups is 3. The molecule has 2 unspecified atom stereocenters. The van der Waals surface area contributed by atoms with E-state index in [9.17, 15) is 14.4 Å². The van der Waals surface area contributed by atoms with E-state index in [1.807, 2.05) is 59.1 Å². The van der Waals surface area contributed by atoms with Crippen LogP contribution in [0.4, 0.5) is 4.79 Å². The van der Waals surface area contributed by atoms with Crippen LogP contribution >= 0.6 is 11.8 Å². The Morgan fingerprint density at radius 1 is 1.12 bits per heavy atom. The van der Waals surface area contributed by atoms with Gasteiger partial charge >= 0.3 is 6.09 Å². The van der Waals surface area contributed by atoms with Crippen LogP contribution in [0.2, 0.25) is 0 Å². The summed E-state index contributed by atoms with van der Waals surface area (Å²) in [5.41, 5.74) is 2.13. The van der Waals surface area contributed by atoms with Gasteiger partial charge in [0.05, 0.1) is 0 Å². The van der Waals surface area contributed by atoms with Gasteiger partial charge in [-0.3, -0.25) is 9.59 Å². The minimum absolute atomic E-state index is 0.0773. The van der Waals surface area contributed by atoms with E-state index in [1.165, 1.54) is 0 Å². The van der Waals surface area contributed by atoms with Gasteiger partial charge in [0.1, 0.15) is 17.7 Å². The lowest BCUT2D eigenvalue weighted by Gasteiger charge is -2.35. The number of amides is 3. The van der Waals surface area contributed by atoms with Crippen LogP contribution in [0.5, 0.6) is 0 Å². The van der Waals surface area contributed by atoms with E-state index in [-0.39, 0.29) is 17.9 Å². The Labute approximate surface area is 209 Å². The summed E-state index contributed by atoms with van der Waals surface area (Å²) < 4.78 is 5.41. The molecule has 0 saturated heterocycles. The third-order valence-electron chi connectivity index (χ3n) is 5.06. The summed E-state index contributed by atoms with van der Waals surface area (Å²) >= 11 is 1.59. The summed E-state index contributed by atoms with van der Waals surface area (Å²) in [5, 5.41) is 5.74. The summed E-state index contributed by atoms with van der Waals surface area (Å²) in [6, 6.07) is 4.22. The molecule has 7 nitrogen and oxygen atoms in total. The van der Waals surface area contributed by atoms with Crippen LogP contribution in [0.25, 0.3) is 0 Å². The summed E-state index contributed by atoms with van der Waals surface area (Å²) in [7, 11) is 0. The third-order valence-corrected chi connectivity index (χ3v) is 5.70. The van der Waals surface area contributed by atoms with Crippen molar-refractivity contribution in [2.24, 2.45) is 0 Å². The molecule has 0 radical (unpaired) electrons. The van der Waals surface area contributed by atoms with Crippen LogP contribution in [-0.4, -0.2) is 59.0 Å². The Hall–Kier alpha value is -2.22. The van der Waals surface area contributed by atoms with Crippen molar-refractivity contribution < 1.29 is 19.1 Å². The van der Waals surface area contributed by atoms with Crippen molar-refractivity contribution in [3.63, 3.8) is 0 Å². The number of thioether (sulfide) groups is 1. The van der Waals surface area contributed by atoms with Crippen molar-refractivity contribution in [1.82, 2.24) is 15.5 Å². The molecule has 3 amide bonds. The number of nitrogens with one attached hydrogen (secondary N) is 2. The van der Waals surface area contributed by atoms with Gasteiger partial charge in [0.15, 0.2) is 0 Å². The smallest absolute Gasteiger partial charge is 0.408 e. The van der Waals surface area contributed by atoms with E-state index in [1.54, 1.807) is 37.4 Å². The van der Waals surface area contributed by atoms with Gasteiger partial charge in [-0.15, -0.1) is 0 Å². The maximum atomic E-state index is 13.9. The van der Waals surface area contributed by atoms with E-state index in [4.69, 9.17) is 4.74 Å². The van der Waals surface area contributed by atoms with Gasteiger partial charge in [0.2, 0.25) is 11.8 Å². The Morgan fingerprint density at radius 3 is 2.26 bits per heavy atom. The Morgan fingerprint density at radius 2 is 1.76 bits per heavy atom.